The van der Waals surface area contributed by atoms with Crippen LogP contribution in [0.25, 0.3) is 0 Å². The summed E-state index contributed by atoms with van der Waals surface area (Å²) >= 11 is 0.988. The predicted molar refractivity (Wildman–Crippen MR) is 115 cm³/mol. The number of nitrogens with one attached hydrogen (secondary N) is 1. The van der Waals surface area contributed by atoms with Gasteiger partial charge in [-0.05, 0) is 36.1 Å². The summed E-state index contributed by atoms with van der Waals surface area (Å²) in [4.78, 5) is 29.5. The van der Waals surface area contributed by atoms with Crippen molar-refractivity contribution >= 4 is 29.1 Å². The van der Waals surface area contributed by atoms with Crippen LogP contribution >= 0.6 is 11.3 Å². The molecule has 2 aliphatic heterocycles. The maximum atomic E-state index is 14.4. The summed E-state index contributed by atoms with van der Waals surface area (Å²) in [6.45, 7) is 0.0510. The van der Waals surface area contributed by atoms with Gasteiger partial charge in [-0.2, -0.15) is 0 Å². The van der Waals surface area contributed by atoms with E-state index in [0.29, 0.717) is 0 Å². The van der Waals surface area contributed by atoms with Gasteiger partial charge in [0.25, 0.3) is 5.92 Å². The van der Waals surface area contributed by atoms with Crippen molar-refractivity contribution in [2.45, 2.75) is 30.8 Å². The fourth-order valence-electron chi connectivity index (χ4n) is 4.31. The largest absolute Gasteiger partial charge is 0.480 e. The van der Waals surface area contributed by atoms with Gasteiger partial charge in [-0.3, -0.25) is 14.7 Å². The van der Waals surface area contributed by atoms with Crippen molar-refractivity contribution in [3.8, 4) is 0 Å². The van der Waals surface area contributed by atoms with Crippen LogP contribution in [0.4, 0.5) is 17.6 Å². The van der Waals surface area contributed by atoms with Gasteiger partial charge in [0.2, 0.25) is 0 Å². The molecule has 3 heterocycles. The van der Waals surface area contributed by atoms with Gasteiger partial charge in [0, 0.05) is 18.7 Å². The fraction of sp³-hybridized carbons (Fsp3) is 0.318. The van der Waals surface area contributed by atoms with E-state index in [1.165, 1.54) is 30.5 Å². The first kappa shape index (κ1) is 23.9. The van der Waals surface area contributed by atoms with Gasteiger partial charge in [0.05, 0.1) is 12.1 Å². The molecular formula is C22H19F4N3O4S. The average Bonchev–Trinajstić information content (AvgIpc) is 3.29. The number of carbonyl (C=O) groups is 2. The lowest BCUT2D eigenvalue weighted by Crippen LogP contribution is -2.46. The Kier molecular flexibility index (Phi) is 5.98. The number of hydrogen-bond acceptors (Lipinski definition) is 6. The van der Waals surface area contributed by atoms with Gasteiger partial charge in [-0.25, -0.2) is 22.4 Å². The maximum absolute atomic E-state index is 14.4. The number of hydrogen-bond donors (Lipinski definition) is 3. The van der Waals surface area contributed by atoms with Gasteiger partial charge in [0.15, 0.2) is 0 Å². The van der Waals surface area contributed by atoms with Crippen LogP contribution in [0.1, 0.15) is 23.8 Å². The Balaban J connectivity index is 1.86. The van der Waals surface area contributed by atoms with E-state index in [9.17, 15) is 37.4 Å². The number of alkyl halides is 2. The highest BCUT2D eigenvalue weighted by Crippen LogP contribution is 2.40. The zero-order chi connectivity index (χ0) is 24.8. The molecule has 2 aliphatic rings. The molecule has 0 bridgehead atoms. The minimum atomic E-state index is -3.28. The van der Waals surface area contributed by atoms with E-state index in [1.807, 2.05) is 0 Å². The first-order valence-electron chi connectivity index (χ1n) is 10.1. The van der Waals surface area contributed by atoms with Crippen LogP contribution in [0.2, 0.25) is 0 Å². The summed E-state index contributed by atoms with van der Waals surface area (Å²) in [5.41, 5.74) is -1.85. The quantitative estimate of drug-likeness (QED) is 0.529. The lowest BCUT2D eigenvalue weighted by molar-refractivity contribution is -0.142. The molecule has 12 heteroatoms. The topological polar surface area (TPSA) is 102 Å². The smallest absolute Gasteiger partial charge is 0.336 e. The molecule has 7 nitrogen and oxygen atoms in total. The summed E-state index contributed by atoms with van der Waals surface area (Å²) in [5, 5.41) is 23.7. The predicted octanol–water partition coefficient (Wildman–Crippen LogP) is 3.42. The second-order valence-electron chi connectivity index (χ2n) is 8.24. The molecule has 1 fully saturated rings. The van der Waals surface area contributed by atoms with Crippen molar-refractivity contribution in [2.24, 2.45) is 4.99 Å². The second kappa shape index (κ2) is 8.51. The van der Waals surface area contributed by atoms with Gasteiger partial charge in [-0.15, -0.1) is 11.3 Å². The van der Waals surface area contributed by atoms with Gasteiger partial charge in [0.1, 0.15) is 33.9 Å². The summed E-state index contributed by atoms with van der Waals surface area (Å²) in [6.07, 6.45) is -0.923. The molecule has 4 rings (SSSR count). The van der Waals surface area contributed by atoms with Gasteiger partial charge in [-0.1, -0.05) is 12.1 Å². The molecule has 2 atom stereocenters. The number of benzene rings is 1. The van der Waals surface area contributed by atoms with Crippen LogP contribution in [0.3, 0.4) is 0 Å². The van der Waals surface area contributed by atoms with Crippen molar-refractivity contribution in [3.05, 3.63) is 69.1 Å². The molecule has 2 aromatic rings. The van der Waals surface area contributed by atoms with E-state index in [4.69, 9.17) is 0 Å². The normalized spacial score (nSPS) is 24.6. The van der Waals surface area contributed by atoms with Crippen molar-refractivity contribution in [2.75, 3.05) is 13.1 Å². The number of carboxylic acids is 2. The van der Waals surface area contributed by atoms with Crippen LogP contribution in [-0.2, 0) is 15.1 Å². The molecular weight excluding hydrogens is 478 g/mol. The van der Waals surface area contributed by atoms with Crippen LogP contribution in [0.15, 0.2) is 52.0 Å². The zero-order valence-electron chi connectivity index (χ0n) is 17.7. The highest BCUT2D eigenvalue weighted by molar-refractivity contribution is 7.12. The van der Waals surface area contributed by atoms with E-state index in [1.54, 1.807) is 0 Å². The van der Waals surface area contributed by atoms with Crippen molar-refractivity contribution in [1.29, 1.82) is 0 Å². The zero-order valence-corrected chi connectivity index (χ0v) is 18.5. The molecule has 0 spiro atoms. The number of amidine groups is 1. The highest BCUT2D eigenvalue weighted by atomic mass is 32.1. The number of carboxylic acid groups (broad SMARTS) is 2. The molecule has 1 saturated heterocycles. The van der Waals surface area contributed by atoms with Crippen molar-refractivity contribution in [1.82, 2.24) is 10.2 Å². The third-order valence-electron chi connectivity index (χ3n) is 5.86. The number of thiophene rings is 1. The van der Waals surface area contributed by atoms with Crippen LogP contribution in [-0.4, -0.2) is 57.9 Å². The second-order valence-corrected chi connectivity index (χ2v) is 9.16. The molecule has 0 saturated carbocycles. The Morgan fingerprint density at radius 2 is 1.88 bits per heavy atom. The number of rotatable bonds is 6. The number of nitrogens with zero attached hydrogens (tertiary/aromatic N) is 2. The molecule has 0 radical (unpaired) electrons. The molecule has 1 aromatic carbocycles. The van der Waals surface area contributed by atoms with Crippen molar-refractivity contribution in [3.63, 3.8) is 0 Å². The van der Waals surface area contributed by atoms with Crippen LogP contribution in [0, 0.1) is 11.6 Å². The number of aliphatic carboxylic acids is 2. The van der Waals surface area contributed by atoms with E-state index in [2.05, 4.69) is 10.3 Å². The van der Waals surface area contributed by atoms with E-state index >= 15 is 0 Å². The SMILES string of the molecule is C[C@]1(c2ccc(F)cc2)N=C(c2sccc2F)NC(CN2CC(F)(F)C[C@H]2C(=O)O)=C1C(=O)O. The van der Waals surface area contributed by atoms with E-state index in [-0.39, 0.29) is 27.5 Å². The lowest BCUT2D eigenvalue weighted by atomic mass is 9.82. The molecule has 0 unspecified atom stereocenters. The standard InChI is InChI=1S/C22H19F4N3O4S/c1-21(11-2-4-12(23)5-3-11)16(20(32)33)14(27-18(28-21)17-13(24)6-7-34-17)9-29-10-22(25,26)8-15(29)19(30)31/h2-7,15H,8-10H2,1H3,(H,27,28)(H,30,31)(H,32,33)/t15-,21+/m0/s1. The van der Waals surface area contributed by atoms with E-state index < -0.39 is 60.6 Å². The minimum absolute atomic E-state index is 0.0443. The fourth-order valence-corrected chi connectivity index (χ4v) is 5.03. The third-order valence-corrected chi connectivity index (χ3v) is 6.76. The Labute approximate surface area is 195 Å². The Morgan fingerprint density at radius 3 is 2.44 bits per heavy atom. The van der Waals surface area contributed by atoms with Gasteiger partial charge >= 0.3 is 11.9 Å². The molecule has 0 aliphatic carbocycles. The first-order valence-corrected chi connectivity index (χ1v) is 11.0. The van der Waals surface area contributed by atoms with Gasteiger partial charge < -0.3 is 15.5 Å². The molecule has 1 aromatic heterocycles. The average molecular weight is 497 g/mol. The first-order chi connectivity index (χ1) is 15.9. The van der Waals surface area contributed by atoms with E-state index in [0.717, 1.165) is 28.4 Å². The summed E-state index contributed by atoms with van der Waals surface area (Å²) in [6, 6.07) is 4.54. The molecule has 180 valence electrons. The summed E-state index contributed by atoms with van der Waals surface area (Å²) < 4.78 is 56.1. The van der Waals surface area contributed by atoms with Crippen LogP contribution < -0.4 is 5.32 Å². The Bertz CT molecular complexity index is 1210. The molecule has 3 N–H and O–H groups in total. The van der Waals surface area contributed by atoms with Crippen molar-refractivity contribution < 1.29 is 37.4 Å². The third kappa shape index (κ3) is 4.30. The highest BCUT2D eigenvalue weighted by Gasteiger charge is 2.50. The molecule has 0 amide bonds. The number of likely N-dealkylation sites (tertiary alicyclic amines) is 1. The summed E-state index contributed by atoms with van der Waals surface area (Å²) in [5.74, 6) is -7.44. The number of halogens is 4. The minimum Gasteiger partial charge on any atom is -0.480 e. The van der Waals surface area contributed by atoms with Crippen LogP contribution in [0.5, 0.6) is 0 Å². The number of aliphatic imine (C=N–C) groups is 1. The Morgan fingerprint density at radius 1 is 1.21 bits per heavy atom. The maximum Gasteiger partial charge on any atom is 0.336 e. The molecule has 34 heavy (non-hydrogen) atoms. The summed E-state index contributed by atoms with van der Waals surface area (Å²) in [7, 11) is 0. The monoisotopic (exact) mass is 497 g/mol. The Hall–Kier alpha value is -3.25. The lowest BCUT2D eigenvalue weighted by Gasteiger charge is -2.36.